The lowest BCUT2D eigenvalue weighted by molar-refractivity contribution is -0.135. The van der Waals surface area contributed by atoms with E-state index < -0.39 is 18.1 Å². The molecule has 0 aliphatic carbocycles. The third-order valence-electron chi connectivity index (χ3n) is 4.59. The molecular formula is C21H20N4O3S. The maximum Gasteiger partial charge on any atom is 0.252 e. The zero-order valence-corrected chi connectivity index (χ0v) is 16.3. The Bertz CT molecular complexity index is 1080. The van der Waals surface area contributed by atoms with E-state index in [-0.39, 0.29) is 6.54 Å². The molecule has 0 fully saturated rings. The number of benzene rings is 2. The van der Waals surface area contributed by atoms with E-state index in [1.807, 2.05) is 60.8 Å². The van der Waals surface area contributed by atoms with E-state index >= 15 is 0 Å². The SMILES string of the molecule is O=C(NCc1ccccc1Cn1cccn1)C(O)C(O)c1nc2ccccc2s1. The van der Waals surface area contributed by atoms with Gasteiger partial charge in [-0.15, -0.1) is 11.3 Å². The fourth-order valence-electron chi connectivity index (χ4n) is 3.03. The van der Waals surface area contributed by atoms with Gasteiger partial charge in [-0.05, 0) is 29.3 Å². The van der Waals surface area contributed by atoms with Crippen molar-refractivity contribution in [3.8, 4) is 0 Å². The van der Waals surface area contributed by atoms with E-state index in [0.717, 1.165) is 21.3 Å². The molecule has 0 bridgehead atoms. The molecule has 8 heteroatoms. The molecule has 0 aliphatic heterocycles. The largest absolute Gasteiger partial charge is 0.383 e. The molecule has 1 amide bonds. The number of nitrogens with one attached hydrogen (secondary N) is 1. The smallest absolute Gasteiger partial charge is 0.252 e. The number of carbonyl (C=O) groups is 1. The van der Waals surface area contributed by atoms with Crippen molar-refractivity contribution in [3.05, 3.63) is 83.1 Å². The van der Waals surface area contributed by atoms with Crippen LogP contribution >= 0.6 is 11.3 Å². The summed E-state index contributed by atoms with van der Waals surface area (Å²) in [6.07, 6.45) is 0.595. The van der Waals surface area contributed by atoms with Crippen molar-refractivity contribution in [1.29, 1.82) is 0 Å². The molecule has 7 nitrogen and oxygen atoms in total. The summed E-state index contributed by atoms with van der Waals surface area (Å²) in [4.78, 5) is 16.7. The lowest BCUT2D eigenvalue weighted by Crippen LogP contribution is -2.38. The number of nitrogens with zero attached hydrogens (tertiary/aromatic N) is 3. The van der Waals surface area contributed by atoms with Crippen molar-refractivity contribution in [2.24, 2.45) is 0 Å². The highest BCUT2D eigenvalue weighted by atomic mass is 32.1. The molecule has 4 rings (SSSR count). The fraction of sp³-hybridized carbons (Fsp3) is 0.190. The van der Waals surface area contributed by atoms with E-state index in [2.05, 4.69) is 15.4 Å². The summed E-state index contributed by atoms with van der Waals surface area (Å²) in [5.74, 6) is -0.648. The normalized spacial score (nSPS) is 13.3. The molecule has 0 radical (unpaired) electrons. The topological polar surface area (TPSA) is 100 Å². The Balaban J connectivity index is 1.41. The first-order valence-electron chi connectivity index (χ1n) is 9.15. The summed E-state index contributed by atoms with van der Waals surface area (Å²) in [6.45, 7) is 0.815. The predicted octanol–water partition coefficient (Wildman–Crippen LogP) is 2.25. The first-order chi connectivity index (χ1) is 14.1. The Kier molecular flexibility index (Phi) is 5.66. The van der Waals surface area contributed by atoms with E-state index in [9.17, 15) is 15.0 Å². The zero-order valence-electron chi connectivity index (χ0n) is 15.5. The lowest BCUT2D eigenvalue weighted by Gasteiger charge is -2.16. The Morgan fingerprint density at radius 2 is 1.83 bits per heavy atom. The van der Waals surface area contributed by atoms with Crippen molar-refractivity contribution in [2.45, 2.75) is 25.3 Å². The van der Waals surface area contributed by atoms with Crippen molar-refractivity contribution in [1.82, 2.24) is 20.1 Å². The number of hydrogen-bond acceptors (Lipinski definition) is 6. The second-order valence-electron chi connectivity index (χ2n) is 6.60. The average Bonchev–Trinajstić information content (AvgIpc) is 3.41. The number of thiazole rings is 1. The number of carbonyl (C=O) groups excluding carboxylic acids is 1. The van der Waals surface area contributed by atoms with Gasteiger partial charge in [0, 0.05) is 18.9 Å². The molecular weight excluding hydrogens is 388 g/mol. The highest BCUT2D eigenvalue weighted by Gasteiger charge is 2.28. The highest BCUT2D eigenvalue weighted by molar-refractivity contribution is 7.18. The predicted molar refractivity (Wildman–Crippen MR) is 110 cm³/mol. The molecule has 29 heavy (non-hydrogen) atoms. The van der Waals surface area contributed by atoms with Crippen LogP contribution in [0, 0.1) is 0 Å². The van der Waals surface area contributed by atoms with Crippen molar-refractivity contribution < 1.29 is 15.0 Å². The van der Waals surface area contributed by atoms with Crippen LogP contribution in [-0.2, 0) is 17.9 Å². The summed E-state index contributed by atoms with van der Waals surface area (Å²) in [5, 5.41) is 27.9. The molecule has 0 aliphatic rings. The standard InChI is InChI=1S/C21H20N4O3S/c26-18(19(27)21-24-16-8-3-4-9-17(16)29-21)20(28)22-12-14-6-1-2-7-15(14)13-25-11-5-10-23-25/h1-11,18-19,26-27H,12-13H2,(H,22,28). The first kappa shape index (κ1) is 19.3. The van der Waals surface area contributed by atoms with Gasteiger partial charge in [0.1, 0.15) is 11.1 Å². The second kappa shape index (κ2) is 8.52. The lowest BCUT2D eigenvalue weighted by atomic mass is 10.1. The highest BCUT2D eigenvalue weighted by Crippen LogP contribution is 2.28. The van der Waals surface area contributed by atoms with Crippen LogP contribution in [0.25, 0.3) is 10.2 Å². The molecule has 2 aromatic carbocycles. The van der Waals surface area contributed by atoms with Crippen molar-refractivity contribution in [2.75, 3.05) is 0 Å². The van der Waals surface area contributed by atoms with Gasteiger partial charge in [-0.2, -0.15) is 5.10 Å². The van der Waals surface area contributed by atoms with Crippen LogP contribution < -0.4 is 5.32 Å². The molecule has 2 heterocycles. The zero-order chi connectivity index (χ0) is 20.2. The van der Waals surface area contributed by atoms with Gasteiger partial charge >= 0.3 is 0 Å². The van der Waals surface area contributed by atoms with Gasteiger partial charge in [-0.3, -0.25) is 9.48 Å². The summed E-state index contributed by atoms with van der Waals surface area (Å²) in [7, 11) is 0. The Labute approximate surface area is 171 Å². The monoisotopic (exact) mass is 408 g/mol. The van der Waals surface area contributed by atoms with Crippen LogP contribution in [0.5, 0.6) is 0 Å². The Hall–Kier alpha value is -3.07. The Morgan fingerprint density at radius 1 is 1.07 bits per heavy atom. The van der Waals surface area contributed by atoms with Crippen LogP contribution in [0.15, 0.2) is 67.0 Å². The van der Waals surface area contributed by atoms with Gasteiger partial charge in [0.2, 0.25) is 0 Å². The second-order valence-corrected chi connectivity index (χ2v) is 7.66. The maximum atomic E-state index is 12.4. The van der Waals surface area contributed by atoms with E-state index in [1.54, 1.807) is 10.9 Å². The number of rotatable bonds is 7. The third-order valence-corrected chi connectivity index (χ3v) is 5.70. The minimum atomic E-state index is -1.60. The molecule has 148 valence electrons. The fourth-order valence-corrected chi connectivity index (χ4v) is 4.02. The van der Waals surface area contributed by atoms with Gasteiger partial charge in [0.15, 0.2) is 6.10 Å². The van der Waals surface area contributed by atoms with E-state index in [0.29, 0.717) is 11.6 Å². The summed E-state index contributed by atoms with van der Waals surface area (Å²) < 4.78 is 2.69. The minimum Gasteiger partial charge on any atom is -0.383 e. The molecule has 2 atom stereocenters. The first-order valence-corrected chi connectivity index (χ1v) is 9.97. The minimum absolute atomic E-state index is 0.236. The molecule has 0 spiro atoms. The molecule has 4 aromatic rings. The number of amides is 1. The van der Waals surface area contributed by atoms with Crippen LogP contribution in [-0.4, -0.2) is 37.0 Å². The number of hydrogen-bond donors (Lipinski definition) is 3. The van der Waals surface area contributed by atoms with Gasteiger partial charge in [0.25, 0.3) is 5.91 Å². The van der Waals surface area contributed by atoms with Gasteiger partial charge in [-0.25, -0.2) is 4.98 Å². The third kappa shape index (κ3) is 4.34. The number of aliphatic hydroxyl groups is 2. The van der Waals surface area contributed by atoms with Crippen LogP contribution in [0.2, 0.25) is 0 Å². The Morgan fingerprint density at radius 3 is 2.59 bits per heavy atom. The number of para-hydroxylation sites is 1. The van der Waals surface area contributed by atoms with Gasteiger partial charge in [0.05, 0.1) is 16.8 Å². The van der Waals surface area contributed by atoms with E-state index in [4.69, 9.17) is 0 Å². The van der Waals surface area contributed by atoms with Gasteiger partial charge < -0.3 is 15.5 Å². The average molecular weight is 408 g/mol. The quantitative estimate of drug-likeness (QED) is 0.436. The van der Waals surface area contributed by atoms with Crippen LogP contribution in [0.3, 0.4) is 0 Å². The molecule has 2 unspecified atom stereocenters. The summed E-state index contributed by atoms with van der Waals surface area (Å²) in [5.41, 5.74) is 2.66. The number of aromatic nitrogens is 3. The van der Waals surface area contributed by atoms with Crippen LogP contribution in [0.1, 0.15) is 22.2 Å². The summed E-state index contributed by atoms with van der Waals surface area (Å²) >= 11 is 1.26. The summed E-state index contributed by atoms with van der Waals surface area (Å²) in [6, 6.07) is 17.0. The molecule has 3 N–H and O–H groups in total. The molecule has 2 aromatic heterocycles. The van der Waals surface area contributed by atoms with Gasteiger partial charge in [-0.1, -0.05) is 36.4 Å². The maximum absolute atomic E-state index is 12.4. The molecule has 0 saturated carbocycles. The molecule has 0 saturated heterocycles. The van der Waals surface area contributed by atoms with Crippen molar-refractivity contribution >= 4 is 27.5 Å². The van der Waals surface area contributed by atoms with E-state index in [1.165, 1.54) is 11.3 Å². The van der Waals surface area contributed by atoms with Crippen LogP contribution in [0.4, 0.5) is 0 Å². The van der Waals surface area contributed by atoms with Crippen molar-refractivity contribution in [3.63, 3.8) is 0 Å². The number of aliphatic hydroxyl groups excluding tert-OH is 2. The number of fused-ring (bicyclic) bond motifs is 1.